The van der Waals surface area contributed by atoms with Gasteiger partial charge in [0.25, 0.3) is 0 Å². The van der Waals surface area contributed by atoms with Gasteiger partial charge in [-0.3, -0.25) is 4.90 Å². The number of aromatic nitrogens is 2. The van der Waals surface area contributed by atoms with Gasteiger partial charge in [0.1, 0.15) is 11.6 Å². The SMILES string of the molecule is CCCN1CCN(c2nnc(CC)c(CC)c2C#N)CC1. The number of anilines is 1. The van der Waals surface area contributed by atoms with E-state index in [1.54, 1.807) is 0 Å². The van der Waals surface area contributed by atoms with Crippen molar-refractivity contribution in [1.82, 2.24) is 15.1 Å². The molecule has 0 bridgehead atoms. The van der Waals surface area contributed by atoms with Gasteiger partial charge in [0, 0.05) is 26.2 Å². The van der Waals surface area contributed by atoms with Crippen molar-refractivity contribution in [3.8, 4) is 6.07 Å². The molecular weight excluding hydrogens is 262 g/mol. The Labute approximate surface area is 127 Å². The first-order valence-electron chi connectivity index (χ1n) is 8.00. The van der Waals surface area contributed by atoms with E-state index in [2.05, 4.69) is 46.8 Å². The summed E-state index contributed by atoms with van der Waals surface area (Å²) in [6.45, 7) is 11.4. The first-order chi connectivity index (χ1) is 10.2. The van der Waals surface area contributed by atoms with Crippen LogP contribution in [0.5, 0.6) is 0 Å². The largest absolute Gasteiger partial charge is 0.351 e. The van der Waals surface area contributed by atoms with Crippen molar-refractivity contribution in [3.63, 3.8) is 0 Å². The average molecular weight is 287 g/mol. The Hall–Kier alpha value is -1.67. The van der Waals surface area contributed by atoms with E-state index >= 15 is 0 Å². The zero-order chi connectivity index (χ0) is 15.2. The van der Waals surface area contributed by atoms with Crippen molar-refractivity contribution in [2.75, 3.05) is 37.6 Å². The second kappa shape index (κ2) is 7.37. The molecule has 114 valence electrons. The molecule has 2 heterocycles. The van der Waals surface area contributed by atoms with Gasteiger partial charge in [-0.2, -0.15) is 10.4 Å². The smallest absolute Gasteiger partial charge is 0.169 e. The highest BCUT2D eigenvalue weighted by molar-refractivity contribution is 5.58. The summed E-state index contributed by atoms with van der Waals surface area (Å²) < 4.78 is 0. The number of aryl methyl sites for hydroxylation is 1. The molecule has 0 radical (unpaired) electrons. The van der Waals surface area contributed by atoms with Crippen LogP contribution in [0.25, 0.3) is 0 Å². The summed E-state index contributed by atoms with van der Waals surface area (Å²) in [7, 11) is 0. The summed E-state index contributed by atoms with van der Waals surface area (Å²) in [5.74, 6) is 0.780. The summed E-state index contributed by atoms with van der Waals surface area (Å²) in [5, 5.41) is 18.3. The Bertz CT molecular complexity index is 512. The molecule has 1 aliphatic rings. The number of hydrogen-bond donors (Lipinski definition) is 0. The molecule has 0 saturated carbocycles. The van der Waals surface area contributed by atoms with E-state index in [-0.39, 0.29) is 0 Å². The highest BCUT2D eigenvalue weighted by Gasteiger charge is 2.23. The van der Waals surface area contributed by atoms with Crippen LogP contribution in [0, 0.1) is 11.3 Å². The number of nitriles is 1. The van der Waals surface area contributed by atoms with E-state index in [0.29, 0.717) is 0 Å². The molecule has 0 N–H and O–H groups in total. The van der Waals surface area contributed by atoms with Gasteiger partial charge in [-0.1, -0.05) is 20.8 Å². The van der Waals surface area contributed by atoms with E-state index in [1.807, 2.05) is 0 Å². The lowest BCUT2D eigenvalue weighted by atomic mass is 10.0. The maximum atomic E-state index is 9.56. The van der Waals surface area contributed by atoms with E-state index in [9.17, 15) is 5.26 Å². The van der Waals surface area contributed by atoms with Crippen molar-refractivity contribution in [2.45, 2.75) is 40.0 Å². The minimum absolute atomic E-state index is 0.730. The standard InChI is InChI=1S/C16H25N5/c1-4-7-20-8-10-21(11-9-20)16-14(12-17)13(5-2)15(6-3)18-19-16/h4-11H2,1-3H3. The first-order valence-corrected chi connectivity index (χ1v) is 8.00. The molecule has 0 atom stereocenters. The Morgan fingerprint density at radius 2 is 1.76 bits per heavy atom. The van der Waals surface area contributed by atoms with Crippen molar-refractivity contribution in [1.29, 1.82) is 5.26 Å². The molecule has 1 aromatic rings. The number of rotatable bonds is 5. The van der Waals surface area contributed by atoms with Crippen LogP contribution in [0.1, 0.15) is 44.0 Å². The van der Waals surface area contributed by atoms with E-state index in [0.717, 1.165) is 68.2 Å². The molecule has 1 aliphatic heterocycles. The van der Waals surface area contributed by atoms with Crippen LogP contribution >= 0.6 is 0 Å². The summed E-state index contributed by atoms with van der Waals surface area (Å²) in [6.07, 6.45) is 2.86. The van der Waals surface area contributed by atoms with Gasteiger partial charge in [-0.25, -0.2) is 0 Å². The van der Waals surface area contributed by atoms with Crippen molar-refractivity contribution in [3.05, 3.63) is 16.8 Å². The lowest BCUT2D eigenvalue weighted by Crippen LogP contribution is -2.47. The van der Waals surface area contributed by atoms with Crippen molar-refractivity contribution >= 4 is 5.82 Å². The molecule has 0 spiro atoms. The fourth-order valence-corrected chi connectivity index (χ4v) is 3.00. The molecule has 0 aromatic carbocycles. The van der Waals surface area contributed by atoms with Crippen LogP contribution in [-0.4, -0.2) is 47.8 Å². The second-order valence-corrected chi connectivity index (χ2v) is 5.47. The van der Waals surface area contributed by atoms with E-state index in [1.165, 1.54) is 6.42 Å². The highest BCUT2D eigenvalue weighted by Crippen LogP contribution is 2.24. The topological polar surface area (TPSA) is 56.1 Å². The van der Waals surface area contributed by atoms with Crippen LogP contribution < -0.4 is 4.90 Å². The predicted octanol–water partition coefficient (Wildman–Crippen LogP) is 2.01. The number of hydrogen-bond acceptors (Lipinski definition) is 5. The minimum Gasteiger partial charge on any atom is -0.351 e. The quantitative estimate of drug-likeness (QED) is 0.829. The molecule has 5 nitrogen and oxygen atoms in total. The zero-order valence-electron chi connectivity index (χ0n) is 13.4. The molecule has 2 rings (SSSR count). The Morgan fingerprint density at radius 3 is 2.29 bits per heavy atom. The van der Waals surface area contributed by atoms with Crippen molar-refractivity contribution < 1.29 is 0 Å². The monoisotopic (exact) mass is 287 g/mol. The molecule has 1 fully saturated rings. The number of piperazine rings is 1. The summed E-state index contributed by atoms with van der Waals surface area (Å²) in [5.41, 5.74) is 2.76. The normalized spacial score (nSPS) is 16.0. The van der Waals surface area contributed by atoms with Gasteiger partial charge >= 0.3 is 0 Å². The third-order valence-corrected chi connectivity index (χ3v) is 4.15. The summed E-state index contributed by atoms with van der Waals surface area (Å²) in [6, 6.07) is 2.37. The molecule has 5 heteroatoms. The van der Waals surface area contributed by atoms with Crippen LogP contribution in [0.4, 0.5) is 5.82 Å². The molecule has 1 saturated heterocycles. The first kappa shape index (κ1) is 15.7. The third kappa shape index (κ3) is 3.33. The highest BCUT2D eigenvalue weighted by atomic mass is 15.3. The molecule has 0 aliphatic carbocycles. The van der Waals surface area contributed by atoms with E-state index in [4.69, 9.17) is 0 Å². The molecule has 21 heavy (non-hydrogen) atoms. The maximum Gasteiger partial charge on any atom is 0.169 e. The van der Waals surface area contributed by atoms with Crippen LogP contribution in [-0.2, 0) is 12.8 Å². The molecular formula is C16H25N5. The Kier molecular flexibility index (Phi) is 5.51. The minimum atomic E-state index is 0.730. The van der Waals surface area contributed by atoms with Crippen molar-refractivity contribution in [2.24, 2.45) is 0 Å². The second-order valence-electron chi connectivity index (χ2n) is 5.47. The van der Waals surface area contributed by atoms with E-state index < -0.39 is 0 Å². The fourth-order valence-electron chi connectivity index (χ4n) is 3.00. The lowest BCUT2D eigenvalue weighted by molar-refractivity contribution is 0.257. The lowest BCUT2D eigenvalue weighted by Gasteiger charge is -2.35. The molecule has 0 unspecified atom stereocenters. The Morgan fingerprint density at radius 1 is 1.05 bits per heavy atom. The summed E-state index contributed by atoms with van der Waals surface area (Å²) >= 11 is 0. The summed E-state index contributed by atoms with van der Waals surface area (Å²) in [4.78, 5) is 4.69. The van der Waals surface area contributed by atoms with Gasteiger partial charge in [0.05, 0.1) is 5.69 Å². The molecule has 1 aromatic heterocycles. The van der Waals surface area contributed by atoms with Gasteiger partial charge in [-0.05, 0) is 31.4 Å². The zero-order valence-corrected chi connectivity index (χ0v) is 13.4. The van der Waals surface area contributed by atoms with Gasteiger partial charge in [0.2, 0.25) is 0 Å². The van der Waals surface area contributed by atoms with Crippen LogP contribution in [0.15, 0.2) is 0 Å². The average Bonchev–Trinajstić information content (AvgIpc) is 2.54. The molecule has 0 amide bonds. The van der Waals surface area contributed by atoms with Crippen LogP contribution in [0.3, 0.4) is 0 Å². The predicted molar refractivity (Wildman–Crippen MR) is 84.4 cm³/mol. The number of nitrogens with zero attached hydrogens (tertiary/aromatic N) is 5. The van der Waals surface area contributed by atoms with Crippen LogP contribution in [0.2, 0.25) is 0 Å². The van der Waals surface area contributed by atoms with Gasteiger partial charge < -0.3 is 4.90 Å². The van der Waals surface area contributed by atoms with Gasteiger partial charge in [-0.15, -0.1) is 5.10 Å². The maximum absolute atomic E-state index is 9.56. The Balaban J connectivity index is 2.23. The van der Waals surface area contributed by atoms with Gasteiger partial charge in [0.15, 0.2) is 5.82 Å². The fraction of sp³-hybridized carbons (Fsp3) is 0.688. The third-order valence-electron chi connectivity index (χ3n) is 4.15.